The second-order valence-electron chi connectivity index (χ2n) is 4.57. The van der Waals surface area contributed by atoms with E-state index in [4.69, 9.17) is 29.0 Å². The summed E-state index contributed by atoms with van der Waals surface area (Å²) in [6.07, 6.45) is 3.49. The van der Waals surface area contributed by atoms with Crippen LogP contribution in [-0.2, 0) is 12.8 Å². The second kappa shape index (κ2) is 7.04. The number of hydrogen-bond donors (Lipinski definition) is 2. The molecule has 1 atom stereocenters. The average Bonchev–Trinajstić information content (AvgIpc) is 2.46. The van der Waals surface area contributed by atoms with Gasteiger partial charge in [0.15, 0.2) is 0 Å². The molecule has 5 heteroatoms. The molecule has 2 rings (SSSR count). The number of benzene rings is 1. The number of nitrogens with two attached hydrogens (primary N) is 1. The van der Waals surface area contributed by atoms with Gasteiger partial charge in [-0.05, 0) is 30.2 Å². The summed E-state index contributed by atoms with van der Waals surface area (Å²) in [7, 11) is 0. The first-order valence-corrected chi connectivity index (χ1v) is 7.25. The first-order valence-electron chi connectivity index (χ1n) is 6.49. The van der Waals surface area contributed by atoms with Gasteiger partial charge >= 0.3 is 0 Å². The molecule has 0 amide bonds. The molecule has 0 aliphatic rings. The molecule has 0 aliphatic carbocycles. The van der Waals surface area contributed by atoms with Gasteiger partial charge in [0.1, 0.15) is 0 Å². The first-order chi connectivity index (χ1) is 9.65. The van der Waals surface area contributed by atoms with E-state index in [2.05, 4.69) is 23.4 Å². The van der Waals surface area contributed by atoms with Gasteiger partial charge in [0.05, 0.1) is 6.04 Å². The van der Waals surface area contributed by atoms with Crippen LogP contribution in [0.25, 0.3) is 0 Å². The van der Waals surface area contributed by atoms with Crippen LogP contribution in [0.2, 0.25) is 10.0 Å². The zero-order valence-electron chi connectivity index (χ0n) is 11.2. The van der Waals surface area contributed by atoms with Crippen LogP contribution in [0.4, 0.5) is 0 Å². The molecule has 20 heavy (non-hydrogen) atoms. The maximum atomic E-state index is 6.22. The van der Waals surface area contributed by atoms with Crippen LogP contribution in [0.15, 0.2) is 36.5 Å². The van der Waals surface area contributed by atoms with Crippen LogP contribution >= 0.6 is 23.2 Å². The zero-order chi connectivity index (χ0) is 14.5. The highest BCUT2D eigenvalue weighted by Crippen LogP contribution is 2.31. The van der Waals surface area contributed by atoms with Crippen molar-refractivity contribution in [1.29, 1.82) is 0 Å². The number of rotatable bonds is 5. The largest absolute Gasteiger partial charge is 0.271 e. The average molecular weight is 310 g/mol. The standard InChI is InChI=1S/C15H17Cl2N3/c1-2-10-6-7-11(19-9-10)8-14(20-18)15-12(16)4-3-5-13(15)17/h3-7,9,14,20H,2,8,18H2,1H3. The molecular weight excluding hydrogens is 293 g/mol. The summed E-state index contributed by atoms with van der Waals surface area (Å²) < 4.78 is 0. The fourth-order valence-electron chi connectivity index (χ4n) is 2.08. The lowest BCUT2D eigenvalue weighted by Crippen LogP contribution is -2.30. The molecule has 1 unspecified atom stereocenters. The number of hydrogen-bond acceptors (Lipinski definition) is 3. The lowest BCUT2D eigenvalue weighted by molar-refractivity contribution is 0.546. The Morgan fingerprint density at radius 3 is 2.40 bits per heavy atom. The van der Waals surface area contributed by atoms with E-state index < -0.39 is 0 Å². The van der Waals surface area contributed by atoms with Gasteiger partial charge < -0.3 is 0 Å². The van der Waals surface area contributed by atoms with E-state index in [0.717, 1.165) is 17.7 Å². The quantitative estimate of drug-likeness (QED) is 0.654. The number of nitrogens with zero attached hydrogens (tertiary/aromatic N) is 1. The van der Waals surface area contributed by atoms with Gasteiger partial charge in [0.25, 0.3) is 0 Å². The third kappa shape index (κ3) is 3.49. The summed E-state index contributed by atoms with van der Waals surface area (Å²) in [5, 5.41) is 1.20. The first kappa shape index (κ1) is 15.3. The summed E-state index contributed by atoms with van der Waals surface area (Å²) in [5.41, 5.74) is 5.73. The van der Waals surface area contributed by atoms with Crippen molar-refractivity contribution in [2.75, 3.05) is 0 Å². The topological polar surface area (TPSA) is 50.9 Å². The minimum Gasteiger partial charge on any atom is -0.271 e. The van der Waals surface area contributed by atoms with Crippen molar-refractivity contribution in [1.82, 2.24) is 10.4 Å². The van der Waals surface area contributed by atoms with Crippen LogP contribution < -0.4 is 11.3 Å². The third-order valence-electron chi connectivity index (χ3n) is 3.26. The van der Waals surface area contributed by atoms with E-state index in [0.29, 0.717) is 16.5 Å². The molecule has 1 aromatic carbocycles. The van der Waals surface area contributed by atoms with Crippen molar-refractivity contribution >= 4 is 23.2 Å². The van der Waals surface area contributed by atoms with E-state index in [1.807, 2.05) is 18.3 Å². The normalized spacial score (nSPS) is 12.4. The molecule has 1 heterocycles. The number of hydrazine groups is 1. The Hall–Kier alpha value is -1.13. The second-order valence-corrected chi connectivity index (χ2v) is 5.38. The van der Waals surface area contributed by atoms with Gasteiger partial charge in [-0.15, -0.1) is 0 Å². The fourth-order valence-corrected chi connectivity index (χ4v) is 2.74. The summed E-state index contributed by atoms with van der Waals surface area (Å²) in [6, 6.07) is 9.34. The minimum absolute atomic E-state index is 0.170. The zero-order valence-corrected chi connectivity index (χ0v) is 12.7. The smallest absolute Gasteiger partial charge is 0.0544 e. The number of aryl methyl sites for hydroxylation is 1. The highest BCUT2D eigenvalue weighted by atomic mass is 35.5. The van der Waals surface area contributed by atoms with Crippen molar-refractivity contribution in [2.45, 2.75) is 25.8 Å². The Morgan fingerprint density at radius 1 is 1.20 bits per heavy atom. The molecule has 1 aromatic heterocycles. The monoisotopic (exact) mass is 309 g/mol. The molecule has 106 valence electrons. The van der Waals surface area contributed by atoms with Crippen molar-refractivity contribution < 1.29 is 0 Å². The van der Waals surface area contributed by atoms with Crippen LogP contribution in [0.3, 0.4) is 0 Å². The van der Waals surface area contributed by atoms with E-state index >= 15 is 0 Å². The number of aromatic nitrogens is 1. The van der Waals surface area contributed by atoms with Crippen LogP contribution in [0, 0.1) is 0 Å². The lowest BCUT2D eigenvalue weighted by atomic mass is 10.0. The lowest BCUT2D eigenvalue weighted by Gasteiger charge is -2.18. The summed E-state index contributed by atoms with van der Waals surface area (Å²) >= 11 is 12.4. The van der Waals surface area contributed by atoms with Crippen LogP contribution in [0.1, 0.15) is 29.8 Å². The van der Waals surface area contributed by atoms with E-state index in [1.54, 1.807) is 12.1 Å². The SMILES string of the molecule is CCc1ccc(CC(NN)c2c(Cl)cccc2Cl)nc1. The molecule has 3 nitrogen and oxygen atoms in total. The Morgan fingerprint density at radius 2 is 1.90 bits per heavy atom. The molecule has 0 radical (unpaired) electrons. The van der Waals surface area contributed by atoms with Gasteiger partial charge in [0.2, 0.25) is 0 Å². The molecule has 0 bridgehead atoms. The highest BCUT2D eigenvalue weighted by molar-refractivity contribution is 6.36. The predicted molar refractivity (Wildman–Crippen MR) is 83.8 cm³/mol. The van der Waals surface area contributed by atoms with Crippen molar-refractivity contribution in [3.63, 3.8) is 0 Å². The maximum Gasteiger partial charge on any atom is 0.0544 e. The Labute approximate surface area is 129 Å². The molecule has 0 spiro atoms. The van der Waals surface area contributed by atoms with E-state index in [9.17, 15) is 0 Å². The van der Waals surface area contributed by atoms with Crippen molar-refractivity contribution in [3.05, 3.63) is 63.4 Å². The van der Waals surface area contributed by atoms with Crippen LogP contribution in [-0.4, -0.2) is 4.98 Å². The molecule has 0 saturated heterocycles. The Bertz CT molecular complexity index is 550. The Kier molecular flexibility index (Phi) is 5.38. The fraction of sp³-hybridized carbons (Fsp3) is 0.267. The molecule has 0 saturated carbocycles. The predicted octanol–water partition coefficient (Wildman–Crippen LogP) is 3.70. The van der Waals surface area contributed by atoms with Crippen molar-refractivity contribution in [2.24, 2.45) is 5.84 Å². The van der Waals surface area contributed by atoms with Crippen molar-refractivity contribution in [3.8, 4) is 0 Å². The number of pyridine rings is 1. The molecule has 2 aromatic rings. The van der Waals surface area contributed by atoms with Gasteiger partial charge in [-0.1, -0.05) is 42.3 Å². The maximum absolute atomic E-state index is 6.22. The van der Waals surface area contributed by atoms with Gasteiger partial charge in [-0.3, -0.25) is 16.3 Å². The van der Waals surface area contributed by atoms with E-state index in [-0.39, 0.29) is 6.04 Å². The number of halogens is 2. The summed E-state index contributed by atoms with van der Waals surface area (Å²) in [4.78, 5) is 4.44. The Balaban J connectivity index is 2.24. The molecule has 0 aliphatic heterocycles. The van der Waals surface area contributed by atoms with Crippen LogP contribution in [0.5, 0.6) is 0 Å². The minimum atomic E-state index is -0.170. The van der Waals surface area contributed by atoms with Gasteiger partial charge in [0, 0.05) is 33.9 Å². The summed E-state index contributed by atoms with van der Waals surface area (Å²) in [6.45, 7) is 2.10. The van der Waals surface area contributed by atoms with Gasteiger partial charge in [-0.25, -0.2) is 0 Å². The highest BCUT2D eigenvalue weighted by Gasteiger charge is 2.17. The third-order valence-corrected chi connectivity index (χ3v) is 3.92. The summed E-state index contributed by atoms with van der Waals surface area (Å²) in [5.74, 6) is 5.65. The molecule has 3 N–H and O–H groups in total. The molecule has 0 fully saturated rings. The number of nitrogens with one attached hydrogen (secondary N) is 1. The molecular formula is C15H17Cl2N3. The van der Waals surface area contributed by atoms with Gasteiger partial charge in [-0.2, -0.15) is 0 Å². The van der Waals surface area contributed by atoms with E-state index in [1.165, 1.54) is 5.56 Å².